The number of hydrogen-bond acceptors (Lipinski definition) is 2. The Kier molecular flexibility index (Phi) is 4.74. The lowest BCUT2D eigenvalue weighted by Crippen LogP contribution is -2.13. The maximum Gasteiger partial charge on any atom is 0.349 e. The summed E-state index contributed by atoms with van der Waals surface area (Å²) in [5, 5.41) is 0.883. The molecule has 0 bridgehead atoms. The molecule has 0 aromatic heterocycles. The van der Waals surface area contributed by atoms with E-state index >= 15 is 0 Å². The van der Waals surface area contributed by atoms with E-state index in [-0.39, 0.29) is 5.75 Å². The Morgan fingerprint density at radius 3 is 2.36 bits per heavy atom. The summed E-state index contributed by atoms with van der Waals surface area (Å²) in [5.74, 6) is -3.37. The zero-order chi connectivity index (χ0) is 18.0. The van der Waals surface area contributed by atoms with Gasteiger partial charge in [0.25, 0.3) is 0 Å². The molecule has 0 aliphatic heterocycles. The fourth-order valence-electron chi connectivity index (χ4n) is 2.70. The van der Waals surface area contributed by atoms with Gasteiger partial charge in [0.05, 0.1) is 0 Å². The molecule has 0 atom stereocenters. The van der Waals surface area contributed by atoms with Crippen LogP contribution in [0.15, 0.2) is 48.5 Å². The molecule has 3 aromatic carbocycles. The summed E-state index contributed by atoms with van der Waals surface area (Å²) in [6.07, 6.45) is 1.25. The SMILES string of the molecule is CCCc1cc(F)c(C(=O)Oc2ccc3c(F)cccc3c2)c(F)c1. The number of carbonyl (C=O) groups is 1. The molecule has 0 amide bonds. The van der Waals surface area contributed by atoms with Gasteiger partial charge >= 0.3 is 5.97 Å². The summed E-state index contributed by atoms with van der Waals surface area (Å²) in [6.45, 7) is 1.89. The van der Waals surface area contributed by atoms with Gasteiger partial charge in [-0.2, -0.15) is 0 Å². The van der Waals surface area contributed by atoms with Crippen LogP contribution in [0.4, 0.5) is 13.2 Å². The normalized spacial score (nSPS) is 10.9. The van der Waals surface area contributed by atoms with Crippen molar-refractivity contribution < 1.29 is 22.7 Å². The smallest absolute Gasteiger partial charge is 0.349 e. The molecule has 0 unspecified atom stereocenters. The second-order valence-electron chi connectivity index (χ2n) is 5.70. The zero-order valence-electron chi connectivity index (χ0n) is 13.5. The van der Waals surface area contributed by atoms with E-state index in [1.807, 2.05) is 6.92 Å². The van der Waals surface area contributed by atoms with E-state index in [1.165, 1.54) is 30.3 Å². The molecule has 3 aromatic rings. The molecule has 0 aliphatic rings. The van der Waals surface area contributed by atoms with Gasteiger partial charge in [-0.1, -0.05) is 25.5 Å². The topological polar surface area (TPSA) is 26.3 Å². The minimum absolute atomic E-state index is 0.0829. The fraction of sp³-hybridized carbons (Fsp3) is 0.150. The third kappa shape index (κ3) is 3.50. The van der Waals surface area contributed by atoms with E-state index in [0.717, 1.165) is 18.6 Å². The number of hydrogen-bond donors (Lipinski definition) is 0. The Bertz CT molecular complexity index is 928. The molecule has 0 saturated heterocycles. The number of fused-ring (bicyclic) bond motifs is 1. The molecule has 0 fully saturated rings. The van der Waals surface area contributed by atoms with Crippen LogP contribution in [0.1, 0.15) is 29.3 Å². The average molecular weight is 344 g/mol. The van der Waals surface area contributed by atoms with Crippen molar-refractivity contribution in [1.29, 1.82) is 0 Å². The monoisotopic (exact) mass is 344 g/mol. The molecule has 0 saturated carbocycles. The molecule has 0 spiro atoms. The lowest BCUT2D eigenvalue weighted by molar-refractivity contribution is 0.0725. The lowest BCUT2D eigenvalue weighted by Gasteiger charge is -2.09. The van der Waals surface area contributed by atoms with Crippen LogP contribution in [0, 0.1) is 17.5 Å². The summed E-state index contributed by atoms with van der Waals surface area (Å²) in [5.41, 5.74) is -0.255. The van der Waals surface area contributed by atoms with Gasteiger partial charge in [0.15, 0.2) is 0 Å². The molecule has 5 heteroatoms. The van der Waals surface area contributed by atoms with Crippen molar-refractivity contribution in [1.82, 2.24) is 0 Å². The molecular formula is C20H15F3O2. The van der Waals surface area contributed by atoms with Crippen molar-refractivity contribution in [2.24, 2.45) is 0 Å². The Hall–Kier alpha value is -2.82. The van der Waals surface area contributed by atoms with Crippen molar-refractivity contribution in [3.63, 3.8) is 0 Å². The highest BCUT2D eigenvalue weighted by atomic mass is 19.1. The number of benzene rings is 3. The van der Waals surface area contributed by atoms with Crippen molar-refractivity contribution in [3.05, 3.63) is 77.1 Å². The number of halogens is 3. The van der Waals surface area contributed by atoms with Crippen molar-refractivity contribution in [2.45, 2.75) is 19.8 Å². The lowest BCUT2D eigenvalue weighted by atomic mass is 10.1. The predicted octanol–water partition coefficient (Wildman–Crippen LogP) is 5.43. The zero-order valence-corrected chi connectivity index (χ0v) is 13.5. The van der Waals surface area contributed by atoms with Crippen LogP contribution >= 0.6 is 0 Å². The average Bonchev–Trinajstić information content (AvgIpc) is 2.54. The van der Waals surface area contributed by atoms with Gasteiger partial charge in [-0.3, -0.25) is 0 Å². The summed E-state index contributed by atoms with van der Waals surface area (Å²) in [6, 6.07) is 11.0. The van der Waals surface area contributed by atoms with Gasteiger partial charge in [-0.05, 0) is 53.8 Å². The third-order valence-corrected chi connectivity index (χ3v) is 3.85. The summed E-state index contributed by atoms with van der Waals surface area (Å²) in [4.78, 5) is 12.2. The second-order valence-corrected chi connectivity index (χ2v) is 5.70. The van der Waals surface area contributed by atoms with Crippen molar-refractivity contribution in [3.8, 4) is 5.75 Å². The first-order chi connectivity index (χ1) is 12.0. The highest BCUT2D eigenvalue weighted by Crippen LogP contribution is 2.25. The Morgan fingerprint density at radius 1 is 0.960 bits per heavy atom. The molecule has 3 rings (SSSR count). The van der Waals surface area contributed by atoms with Crippen LogP contribution in [-0.4, -0.2) is 5.97 Å². The predicted molar refractivity (Wildman–Crippen MR) is 89.2 cm³/mol. The summed E-state index contributed by atoms with van der Waals surface area (Å²) < 4.78 is 46.9. The van der Waals surface area contributed by atoms with E-state index in [2.05, 4.69) is 0 Å². The van der Waals surface area contributed by atoms with Crippen molar-refractivity contribution in [2.75, 3.05) is 0 Å². The van der Waals surface area contributed by atoms with Gasteiger partial charge in [-0.15, -0.1) is 0 Å². The highest BCUT2D eigenvalue weighted by molar-refractivity contribution is 5.92. The van der Waals surface area contributed by atoms with E-state index in [9.17, 15) is 18.0 Å². The van der Waals surface area contributed by atoms with E-state index in [1.54, 1.807) is 6.07 Å². The standard InChI is InChI=1S/C20H15F3O2/c1-2-4-12-9-17(22)19(18(23)10-12)20(24)25-14-7-8-15-13(11-14)5-3-6-16(15)21/h3,5-11H,2,4H2,1H3. The first-order valence-corrected chi connectivity index (χ1v) is 7.88. The minimum Gasteiger partial charge on any atom is -0.423 e. The maximum absolute atomic E-state index is 14.1. The first-order valence-electron chi connectivity index (χ1n) is 7.88. The number of carbonyl (C=O) groups excluding carboxylic acids is 1. The van der Waals surface area contributed by atoms with Crippen LogP contribution in [0.3, 0.4) is 0 Å². The quantitative estimate of drug-likeness (QED) is 0.466. The minimum atomic E-state index is -1.13. The summed E-state index contributed by atoms with van der Waals surface area (Å²) in [7, 11) is 0. The van der Waals surface area contributed by atoms with E-state index in [0.29, 0.717) is 22.8 Å². The molecule has 0 heterocycles. The van der Waals surface area contributed by atoms with Crippen LogP contribution in [0.5, 0.6) is 5.75 Å². The number of esters is 1. The molecule has 25 heavy (non-hydrogen) atoms. The van der Waals surface area contributed by atoms with Crippen LogP contribution in [0.25, 0.3) is 10.8 Å². The van der Waals surface area contributed by atoms with Crippen LogP contribution in [0.2, 0.25) is 0 Å². The van der Waals surface area contributed by atoms with Gasteiger partial charge in [-0.25, -0.2) is 18.0 Å². The van der Waals surface area contributed by atoms with E-state index < -0.39 is 29.0 Å². The third-order valence-electron chi connectivity index (χ3n) is 3.85. The number of ether oxygens (including phenoxy) is 1. The van der Waals surface area contributed by atoms with Crippen molar-refractivity contribution >= 4 is 16.7 Å². The Morgan fingerprint density at radius 2 is 1.68 bits per heavy atom. The molecule has 0 aliphatic carbocycles. The molecule has 0 radical (unpaired) electrons. The molecular weight excluding hydrogens is 329 g/mol. The summed E-state index contributed by atoms with van der Waals surface area (Å²) >= 11 is 0. The number of aryl methyl sites for hydroxylation is 1. The second kappa shape index (κ2) is 6.97. The Labute approximate surface area is 142 Å². The first kappa shape index (κ1) is 17.0. The maximum atomic E-state index is 14.1. The van der Waals surface area contributed by atoms with Gasteiger partial charge in [0, 0.05) is 5.39 Å². The molecule has 128 valence electrons. The van der Waals surface area contributed by atoms with E-state index in [4.69, 9.17) is 4.74 Å². The highest BCUT2D eigenvalue weighted by Gasteiger charge is 2.21. The Balaban J connectivity index is 1.90. The molecule has 2 nitrogen and oxygen atoms in total. The largest absolute Gasteiger partial charge is 0.423 e. The number of rotatable bonds is 4. The molecule has 0 N–H and O–H groups in total. The van der Waals surface area contributed by atoms with Gasteiger partial charge in [0.1, 0.15) is 28.8 Å². The van der Waals surface area contributed by atoms with Crippen LogP contribution in [-0.2, 0) is 6.42 Å². The van der Waals surface area contributed by atoms with Crippen LogP contribution < -0.4 is 4.74 Å². The fourth-order valence-corrected chi connectivity index (χ4v) is 2.70. The van der Waals surface area contributed by atoms with Gasteiger partial charge in [0.2, 0.25) is 0 Å². The van der Waals surface area contributed by atoms with Gasteiger partial charge < -0.3 is 4.74 Å².